The zero-order valence-corrected chi connectivity index (χ0v) is 24.6. The number of hydrogen-bond donors (Lipinski definition) is 1. The average molecular weight is 503 g/mol. The number of quaternary nitrogens is 1. The summed E-state index contributed by atoms with van der Waals surface area (Å²) in [6.45, 7) is 4.73. The number of nitrogens with zero attached hydrogens (tertiary/aromatic N) is 1. The predicted octanol–water partition coefficient (Wildman–Crippen LogP) is 9.62. The van der Waals surface area contributed by atoms with E-state index < -0.39 is 7.60 Å². The Kier molecular flexibility index (Phi) is 22.0. The molecular weight excluding hydrogens is 441 g/mol. The molecule has 0 amide bonds. The van der Waals surface area contributed by atoms with Gasteiger partial charge in [0.25, 0.3) is 0 Å². The van der Waals surface area contributed by atoms with Crippen molar-refractivity contribution >= 4 is 7.60 Å². The van der Waals surface area contributed by atoms with E-state index >= 15 is 0 Å². The number of rotatable bonds is 25. The van der Waals surface area contributed by atoms with Gasteiger partial charge in [0.2, 0.25) is 0 Å². The molecule has 0 aromatic heterocycles. The van der Waals surface area contributed by atoms with E-state index in [4.69, 9.17) is 4.52 Å². The van der Waals surface area contributed by atoms with Gasteiger partial charge in [0, 0.05) is 6.42 Å². The van der Waals surface area contributed by atoms with Crippen LogP contribution in [-0.2, 0) is 9.09 Å². The Labute approximate surface area is 214 Å². The van der Waals surface area contributed by atoms with Gasteiger partial charge in [0.15, 0.2) is 5.78 Å². The Morgan fingerprint density at radius 1 is 0.676 bits per heavy atom. The molecule has 5 heteroatoms. The summed E-state index contributed by atoms with van der Waals surface area (Å²) in [6, 6.07) is 0. The fourth-order valence-corrected chi connectivity index (χ4v) is 6.61. The molecule has 2 unspecified atom stereocenters. The van der Waals surface area contributed by atoms with E-state index in [2.05, 4.69) is 26.0 Å². The van der Waals surface area contributed by atoms with Gasteiger partial charge >= 0.3 is 7.60 Å². The first-order valence-electron chi connectivity index (χ1n) is 14.7. The monoisotopic (exact) mass is 502 g/mol. The van der Waals surface area contributed by atoms with Crippen LogP contribution in [0, 0.1) is 0 Å². The molecular formula is C29H61NO3P+. The van der Waals surface area contributed by atoms with E-state index in [1.165, 1.54) is 103 Å². The molecule has 0 spiro atoms. The molecule has 0 saturated carbocycles. The normalized spacial score (nSPS) is 15.1. The van der Waals surface area contributed by atoms with Crippen LogP contribution in [0.15, 0.2) is 12.2 Å². The predicted molar refractivity (Wildman–Crippen MR) is 150 cm³/mol. The largest absolute Gasteiger partial charge is 0.385 e. The van der Waals surface area contributed by atoms with E-state index in [0.29, 0.717) is 17.5 Å². The fraction of sp³-hybridized carbons (Fsp3) is 0.931. The molecule has 2 atom stereocenters. The number of hydrogen-bond acceptors (Lipinski definition) is 2. The molecule has 0 aromatic rings. The molecule has 0 aromatic carbocycles. The van der Waals surface area contributed by atoms with Crippen LogP contribution in [0.25, 0.3) is 0 Å². The van der Waals surface area contributed by atoms with E-state index in [1.807, 2.05) is 21.1 Å². The maximum absolute atomic E-state index is 12.7. The van der Waals surface area contributed by atoms with Crippen LogP contribution >= 0.6 is 7.60 Å². The van der Waals surface area contributed by atoms with Crippen LogP contribution in [0.4, 0.5) is 0 Å². The summed E-state index contributed by atoms with van der Waals surface area (Å²) in [6.07, 6.45) is 29.8. The first kappa shape index (κ1) is 33.8. The van der Waals surface area contributed by atoms with Crippen molar-refractivity contribution in [2.24, 2.45) is 0 Å². The molecule has 204 valence electrons. The fourth-order valence-electron chi connectivity index (χ4n) is 4.58. The van der Waals surface area contributed by atoms with Gasteiger partial charge in [-0.25, -0.2) is 0 Å². The summed E-state index contributed by atoms with van der Waals surface area (Å²) in [5, 5.41) is 0. The quantitative estimate of drug-likeness (QED) is 0.0585. The number of unbranched alkanes of at least 4 members (excludes halogenated alkanes) is 16. The first-order valence-corrected chi connectivity index (χ1v) is 16.3. The van der Waals surface area contributed by atoms with Crippen LogP contribution in [0.1, 0.15) is 142 Å². The second-order valence-corrected chi connectivity index (χ2v) is 13.1. The summed E-state index contributed by atoms with van der Waals surface area (Å²) in [4.78, 5) is 10.4. The van der Waals surface area contributed by atoms with Gasteiger partial charge in [0.05, 0.1) is 27.7 Å². The highest BCUT2D eigenvalue weighted by atomic mass is 31.2. The van der Waals surface area contributed by atoms with E-state index in [0.717, 1.165) is 19.3 Å². The van der Waals surface area contributed by atoms with Gasteiger partial charge in [-0.2, -0.15) is 0 Å². The molecule has 0 heterocycles. The third kappa shape index (κ3) is 20.1. The van der Waals surface area contributed by atoms with Crippen molar-refractivity contribution in [3.63, 3.8) is 0 Å². The molecule has 0 radical (unpaired) electrons. The smallest absolute Gasteiger partial charge is 0.320 e. The van der Waals surface area contributed by atoms with Crippen LogP contribution in [0.2, 0.25) is 0 Å². The molecule has 0 aliphatic heterocycles. The molecule has 0 fully saturated rings. The number of allylic oxidation sites excluding steroid dienone is 2. The molecule has 0 aliphatic rings. The lowest BCUT2D eigenvalue weighted by Crippen LogP contribution is -2.45. The summed E-state index contributed by atoms with van der Waals surface area (Å²) in [5.74, 6) is -0.334. The maximum Gasteiger partial charge on any atom is 0.385 e. The Morgan fingerprint density at radius 2 is 1.09 bits per heavy atom. The topological polar surface area (TPSA) is 46.5 Å². The van der Waals surface area contributed by atoms with Crippen molar-refractivity contribution in [3.8, 4) is 0 Å². The summed E-state index contributed by atoms with van der Waals surface area (Å²) >= 11 is 0. The lowest BCUT2D eigenvalue weighted by Gasteiger charge is -2.35. The van der Waals surface area contributed by atoms with Gasteiger partial charge in [-0.05, 0) is 38.5 Å². The van der Waals surface area contributed by atoms with E-state index in [1.54, 1.807) is 0 Å². The molecule has 0 rings (SSSR count). The lowest BCUT2D eigenvalue weighted by molar-refractivity contribution is -0.883. The zero-order chi connectivity index (χ0) is 25.5. The molecule has 1 N–H and O–H groups in total. The van der Waals surface area contributed by atoms with Crippen molar-refractivity contribution in [1.82, 2.24) is 0 Å². The van der Waals surface area contributed by atoms with Crippen LogP contribution in [0.3, 0.4) is 0 Å². The minimum Gasteiger partial charge on any atom is -0.320 e. The minimum atomic E-state index is -3.57. The Balaban J connectivity index is 3.47. The van der Waals surface area contributed by atoms with Crippen LogP contribution < -0.4 is 0 Å². The zero-order valence-electron chi connectivity index (χ0n) is 23.7. The summed E-state index contributed by atoms with van der Waals surface area (Å²) in [5.41, 5.74) is 0. The molecule has 0 saturated heterocycles. The van der Waals surface area contributed by atoms with Crippen molar-refractivity contribution in [2.75, 3.05) is 27.7 Å². The van der Waals surface area contributed by atoms with Crippen molar-refractivity contribution in [3.05, 3.63) is 12.2 Å². The Morgan fingerprint density at radius 3 is 1.50 bits per heavy atom. The lowest BCUT2D eigenvalue weighted by atomic mass is 10.0. The van der Waals surface area contributed by atoms with Gasteiger partial charge < -0.3 is 13.9 Å². The van der Waals surface area contributed by atoms with Crippen molar-refractivity contribution < 1.29 is 18.5 Å². The second-order valence-electron chi connectivity index (χ2n) is 11.1. The van der Waals surface area contributed by atoms with Crippen molar-refractivity contribution in [2.45, 2.75) is 148 Å². The van der Waals surface area contributed by atoms with Crippen LogP contribution in [0.5, 0.6) is 0 Å². The van der Waals surface area contributed by atoms with Gasteiger partial charge in [0.1, 0.15) is 0 Å². The highest BCUT2D eigenvalue weighted by Crippen LogP contribution is 2.51. The van der Waals surface area contributed by atoms with Gasteiger partial charge in [-0.1, -0.05) is 109 Å². The molecule has 0 bridgehead atoms. The minimum absolute atomic E-state index is 0.334. The van der Waals surface area contributed by atoms with Crippen molar-refractivity contribution in [1.29, 1.82) is 0 Å². The average Bonchev–Trinajstić information content (AvgIpc) is 2.77. The maximum atomic E-state index is 12.7. The highest BCUT2D eigenvalue weighted by molar-refractivity contribution is 7.53. The summed E-state index contributed by atoms with van der Waals surface area (Å²) < 4.78 is 18.6. The molecule has 4 nitrogen and oxygen atoms in total. The third-order valence-corrected chi connectivity index (χ3v) is 9.01. The van der Waals surface area contributed by atoms with Crippen LogP contribution in [-0.4, -0.2) is 42.9 Å². The van der Waals surface area contributed by atoms with E-state index in [-0.39, 0.29) is 5.78 Å². The Hall–Kier alpha value is -0.150. The molecule has 0 aliphatic carbocycles. The van der Waals surface area contributed by atoms with E-state index in [9.17, 15) is 9.46 Å². The Bertz CT molecular complexity index is 516. The standard InChI is InChI=1S/C29H60NO3P/c1-6-8-9-10-11-12-13-14-15-16-17-18-19-20-21-22-23-24-25-26-28-33-34(31,32)29(27-7-2)30(3,4)5/h12-13,29H,6-11,14-28H2,1-5H3/p+1/b13-12-. The van der Waals surface area contributed by atoms with Gasteiger partial charge in [-0.15, -0.1) is 0 Å². The second kappa shape index (κ2) is 22.1. The SMILES string of the molecule is CCCCCC/C=C\CCCCCCCCCCCCCCOP(=O)(O)C(CCC)[N+](C)(C)C. The third-order valence-electron chi connectivity index (χ3n) is 6.75. The first-order chi connectivity index (χ1) is 16.3. The highest BCUT2D eigenvalue weighted by Gasteiger charge is 2.41. The molecule has 34 heavy (non-hydrogen) atoms. The summed E-state index contributed by atoms with van der Waals surface area (Å²) in [7, 11) is 2.36. The van der Waals surface area contributed by atoms with Gasteiger partial charge in [-0.3, -0.25) is 4.57 Å².